The van der Waals surface area contributed by atoms with Crippen LogP contribution in [-0.4, -0.2) is 15.3 Å². The van der Waals surface area contributed by atoms with Gasteiger partial charge in [-0.15, -0.1) is 11.3 Å². The smallest absolute Gasteiger partial charge is 0.155 e. The van der Waals surface area contributed by atoms with Crippen LogP contribution in [0.4, 0.5) is 0 Å². The molecule has 19 heavy (non-hydrogen) atoms. The molecule has 0 spiro atoms. The Morgan fingerprint density at radius 2 is 2.21 bits per heavy atom. The first-order valence-electron chi connectivity index (χ1n) is 6.92. The van der Waals surface area contributed by atoms with Crippen molar-refractivity contribution in [3.63, 3.8) is 0 Å². The van der Waals surface area contributed by atoms with Gasteiger partial charge < -0.3 is 4.57 Å². The van der Waals surface area contributed by atoms with E-state index >= 15 is 0 Å². The minimum Gasteiger partial charge on any atom is -0.323 e. The Hall–Kier alpha value is -1.42. The highest BCUT2D eigenvalue weighted by molar-refractivity contribution is 7.13. The number of rotatable bonds is 4. The highest BCUT2D eigenvalue weighted by Gasteiger charge is 2.22. The van der Waals surface area contributed by atoms with Crippen molar-refractivity contribution in [2.24, 2.45) is 5.92 Å². The maximum atomic E-state index is 12.3. The number of hydrogen-bond acceptors (Lipinski definition) is 3. The van der Waals surface area contributed by atoms with Crippen LogP contribution in [0, 0.1) is 5.92 Å². The Labute approximate surface area is 117 Å². The summed E-state index contributed by atoms with van der Waals surface area (Å²) < 4.78 is 1.99. The van der Waals surface area contributed by atoms with Crippen molar-refractivity contribution in [1.29, 1.82) is 0 Å². The molecule has 0 amide bonds. The molecule has 3 rings (SSSR count). The van der Waals surface area contributed by atoms with Gasteiger partial charge in [-0.25, -0.2) is 4.98 Å². The van der Waals surface area contributed by atoms with E-state index in [2.05, 4.69) is 11.1 Å². The molecule has 1 aliphatic rings. The van der Waals surface area contributed by atoms with Gasteiger partial charge in [0.2, 0.25) is 0 Å². The van der Waals surface area contributed by atoms with Crippen LogP contribution in [0.3, 0.4) is 0 Å². The molecule has 1 saturated carbocycles. The largest absolute Gasteiger partial charge is 0.323 e. The van der Waals surface area contributed by atoms with Gasteiger partial charge in [0, 0.05) is 18.3 Å². The maximum Gasteiger partial charge on any atom is 0.155 e. The molecule has 3 nitrogen and oxygen atoms in total. The number of ketones is 1. The van der Waals surface area contributed by atoms with Crippen LogP contribution in [0.25, 0.3) is 10.7 Å². The molecule has 0 aliphatic heterocycles. The number of carbonyl (C=O) groups is 1. The van der Waals surface area contributed by atoms with Crippen molar-refractivity contribution in [3.05, 3.63) is 29.9 Å². The molecule has 0 radical (unpaired) electrons. The summed E-state index contributed by atoms with van der Waals surface area (Å²) in [6, 6.07) is 4.07. The van der Waals surface area contributed by atoms with E-state index in [-0.39, 0.29) is 5.92 Å². The van der Waals surface area contributed by atoms with Gasteiger partial charge in [-0.1, -0.05) is 25.3 Å². The quantitative estimate of drug-likeness (QED) is 0.851. The number of aromatic nitrogens is 2. The van der Waals surface area contributed by atoms with E-state index in [9.17, 15) is 4.79 Å². The summed E-state index contributed by atoms with van der Waals surface area (Å²) in [6.07, 6.45) is 9.54. The van der Waals surface area contributed by atoms with Gasteiger partial charge in [0.15, 0.2) is 5.78 Å². The lowest BCUT2D eigenvalue weighted by Gasteiger charge is -2.20. The molecule has 2 aromatic heterocycles. The Morgan fingerprint density at radius 1 is 1.37 bits per heavy atom. The Kier molecular flexibility index (Phi) is 3.78. The molecule has 1 fully saturated rings. The molecule has 0 N–H and O–H groups in total. The van der Waals surface area contributed by atoms with Crippen LogP contribution >= 0.6 is 11.3 Å². The van der Waals surface area contributed by atoms with Crippen LogP contribution in [-0.2, 0) is 11.3 Å². The summed E-state index contributed by atoms with van der Waals surface area (Å²) in [4.78, 5) is 17.8. The van der Waals surface area contributed by atoms with Crippen LogP contribution in [0.5, 0.6) is 0 Å². The molecule has 0 saturated heterocycles. The zero-order valence-electron chi connectivity index (χ0n) is 10.9. The number of carbonyl (C=O) groups excluding carboxylic acids is 1. The lowest BCUT2D eigenvalue weighted by molar-refractivity contribution is -0.124. The highest BCUT2D eigenvalue weighted by Crippen LogP contribution is 2.26. The van der Waals surface area contributed by atoms with Crippen molar-refractivity contribution >= 4 is 17.1 Å². The average Bonchev–Trinajstić information content (AvgIpc) is 3.10. The normalized spacial score (nSPS) is 16.6. The Bertz CT molecular complexity index is 538. The standard InChI is InChI=1S/C15H18N2OS/c18-13(12-5-2-1-3-6-12)11-17-9-8-16-15(17)14-7-4-10-19-14/h4,7-10,12H,1-3,5-6,11H2. The molecule has 4 heteroatoms. The van der Waals surface area contributed by atoms with Crippen molar-refractivity contribution in [2.45, 2.75) is 38.6 Å². The average molecular weight is 274 g/mol. The molecule has 2 aromatic rings. The van der Waals surface area contributed by atoms with Crippen molar-refractivity contribution in [1.82, 2.24) is 9.55 Å². The van der Waals surface area contributed by atoms with Gasteiger partial charge in [0.05, 0.1) is 11.4 Å². The van der Waals surface area contributed by atoms with E-state index in [0.29, 0.717) is 12.3 Å². The summed E-state index contributed by atoms with van der Waals surface area (Å²) >= 11 is 1.66. The maximum absolute atomic E-state index is 12.3. The molecular formula is C15H18N2OS. The van der Waals surface area contributed by atoms with Gasteiger partial charge in [-0.2, -0.15) is 0 Å². The second kappa shape index (κ2) is 5.70. The highest BCUT2D eigenvalue weighted by atomic mass is 32.1. The van der Waals surface area contributed by atoms with Gasteiger partial charge >= 0.3 is 0 Å². The van der Waals surface area contributed by atoms with E-state index in [1.54, 1.807) is 17.5 Å². The van der Waals surface area contributed by atoms with Gasteiger partial charge in [0.25, 0.3) is 0 Å². The second-order valence-corrected chi connectivity index (χ2v) is 6.10. The molecule has 100 valence electrons. The molecule has 2 heterocycles. The van der Waals surface area contributed by atoms with E-state index in [1.165, 1.54) is 19.3 Å². The number of hydrogen-bond donors (Lipinski definition) is 0. The third kappa shape index (κ3) is 2.78. The van der Waals surface area contributed by atoms with Crippen LogP contribution in [0.15, 0.2) is 29.9 Å². The lowest BCUT2D eigenvalue weighted by atomic mass is 9.86. The van der Waals surface area contributed by atoms with E-state index in [0.717, 1.165) is 23.5 Å². The first kappa shape index (κ1) is 12.6. The van der Waals surface area contributed by atoms with Crippen LogP contribution < -0.4 is 0 Å². The van der Waals surface area contributed by atoms with Crippen molar-refractivity contribution in [3.8, 4) is 10.7 Å². The summed E-state index contributed by atoms with van der Waals surface area (Å²) in [5, 5.41) is 2.04. The van der Waals surface area contributed by atoms with Gasteiger partial charge in [0.1, 0.15) is 5.82 Å². The topological polar surface area (TPSA) is 34.9 Å². The zero-order valence-corrected chi connectivity index (χ0v) is 11.7. The summed E-state index contributed by atoms with van der Waals surface area (Å²) in [7, 11) is 0. The number of Topliss-reactive ketones (excluding diaryl/α,β-unsaturated/α-hetero) is 1. The first-order valence-corrected chi connectivity index (χ1v) is 7.80. The Balaban J connectivity index is 1.73. The monoisotopic (exact) mass is 274 g/mol. The van der Waals surface area contributed by atoms with Gasteiger partial charge in [-0.3, -0.25) is 4.79 Å². The third-order valence-corrected chi connectivity index (χ3v) is 4.71. The molecule has 0 unspecified atom stereocenters. The Morgan fingerprint density at radius 3 is 2.95 bits per heavy atom. The zero-order chi connectivity index (χ0) is 13.1. The fourth-order valence-electron chi connectivity index (χ4n) is 2.79. The molecule has 0 atom stereocenters. The van der Waals surface area contributed by atoms with Crippen LogP contribution in [0.2, 0.25) is 0 Å². The number of imidazole rings is 1. The van der Waals surface area contributed by atoms with Crippen LogP contribution in [0.1, 0.15) is 32.1 Å². The SMILES string of the molecule is O=C(Cn1ccnc1-c1cccs1)C1CCCCC1. The summed E-state index contributed by atoms with van der Waals surface area (Å²) in [5.74, 6) is 1.56. The lowest BCUT2D eigenvalue weighted by Crippen LogP contribution is -2.22. The minimum atomic E-state index is 0.271. The van der Waals surface area contributed by atoms with E-state index < -0.39 is 0 Å². The fourth-order valence-corrected chi connectivity index (χ4v) is 3.53. The van der Waals surface area contributed by atoms with E-state index in [4.69, 9.17) is 0 Å². The van der Waals surface area contributed by atoms with Crippen molar-refractivity contribution in [2.75, 3.05) is 0 Å². The van der Waals surface area contributed by atoms with Gasteiger partial charge in [-0.05, 0) is 24.3 Å². The third-order valence-electron chi connectivity index (χ3n) is 3.84. The first-order chi connectivity index (χ1) is 9.34. The fraction of sp³-hybridized carbons (Fsp3) is 0.467. The predicted molar refractivity (Wildman–Crippen MR) is 77.1 cm³/mol. The minimum absolute atomic E-state index is 0.271. The number of thiophene rings is 1. The van der Waals surface area contributed by atoms with Crippen molar-refractivity contribution < 1.29 is 4.79 Å². The molecule has 1 aliphatic carbocycles. The predicted octanol–water partition coefficient (Wildman–Crippen LogP) is 3.76. The molecular weight excluding hydrogens is 256 g/mol. The molecule has 0 bridgehead atoms. The van der Waals surface area contributed by atoms with E-state index in [1.807, 2.05) is 22.2 Å². The summed E-state index contributed by atoms with van der Waals surface area (Å²) in [6.45, 7) is 0.470. The number of nitrogens with zero attached hydrogens (tertiary/aromatic N) is 2. The summed E-state index contributed by atoms with van der Waals surface area (Å²) in [5.41, 5.74) is 0. The second-order valence-electron chi connectivity index (χ2n) is 5.16. The molecule has 0 aromatic carbocycles.